The molecule has 0 aromatic carbocycles. The van der Waals surface area contributed by atoms with E-state index in [4.69, 9.17) is 6.42 Å². The van der Waals surface area contributed by atoms with Crippen molar-refractivity contribution in [2.75, 3.05) is 10.6 Å². The molecule has 0 unspecified atom stereocenters. The third-order valence-corrected chi connectivity index (χ3v) is 4.18. The van der Waals surface area contributed by atoms with Gasteiger partial charge in [0, 0.05) is 23.7 Å². The van der Waals surface area contributed by atoms with Gasteiger partial charge in [-0.05, 0) is 56.0 Å². The summed E-state index contributed by atoms with van der Waals surface area (Å²) < 4.78 is 0.806. The van der Waals surface area contributed by atoms with Gasteiger partial charge in [-0.25, -0.2) is 4.98 Å². The van der Waals surface area contributed by atoms with Gasteiger partial charge < -0.3 is 15.7 Å². The van der Waals surface area contributed by atoms with Crippen LogP contribution in [-0.2, 0) is 0 Å². The Labute approximate surface area is 140 Å². The van der Waals surface area contributed by atoms with E-state index in [0.29, 0.717) is 12.4 Å². The maximum absolute atomic E-state index is 10.1. The Kier molecular flexibility index (Phi) is 5.30. The van der Waals surface area contributed by atoms with E-state index in [-0.39, 0.29) is 17.5 Å². The minimum Gasteiger partial charge on any atom is -0.392 e. The summed E-state index contributed by atoms with van der Waals surface area (Å²) in [6, 6.07) is 0.160. The van der Waals surface area contributed by atoms with Crippen molar-refractivity contribution in [3.8, 4) is 12.3 Å². The van der Waals surface area contributed by atoms with Crippen molar-refractivity contribution in [3.05, 3.63) is 10.7 Å². The molecule has 3 atom stereocenters. The SMILES string of the molecule is C#C[C@@H]1CC[C@@H](Nc2nc(NC(C)(C)C)ncc2Br)C[C@H]1O. The number of rotatable bonds is 3. The lowest BCUT2D eigenvalue weighted by Gasteiger charge is -2.31. The van der Waals surface area contributed by atoms with Crippen LogP contribution in [0, 0.1) is 18.3 Å². The molecule has 0 amide bonds. The van der Waals surface area contributed by atoms with Crippen LogP contribution in [-0.4, -0.2) is 32.8 Å². The number of terminal acetylenes is 1. The molecule has 3 N–H and O–H groups in total. The number of nitrogens with one attached hydrogen (secondary N) is 2. The van der Waals surface area contributed by atoms with Crippen LogP contribution in [0.5, 0.6) is 0 Å². The molecule has 1 aromatic heterocycles. The molecule has 1 fully saturated rings. The quantitative estimate of drug-likeness (QED) is 0.717. The first-order valence-electron chi connectivity index (χ1n) is 7.50. The Balaban J connectivity index is 2.06. The van der Waals surface area contributed by atoms with Gasteiger partial charge >= 0.3 is 0 Å². The number of halogens is 1. The minimum atomic E-state index is -0.455. The van der Waals surface area contributed by atoms with Crippen molar-refractivity contribution in [2.24, 2.45) is 5.92 Å². The van der Waals surface area contributed by atoms with Gasteiger partial charge in [0.2, 0.25) is 5.95 Å². The number of hydrogen-bond donors (Lipinski definition) is 3. The highest BCUT2D eigenvalue weighted by atomic mass is 79.9. The molecular weight excluding hydrogens is 344 g/mol. The van der Waals surface area contributed by atoms with Crippen LogP contribution in [0.15, 0.2) is 10.7 Å². The predicted octanol–water partition coefficient (Wildman–Crippen LogP) is 3.02. The summed E-state index contributed by atoms with van der Waals surface area (Å²) in [5, 5.41) is 16.7. The number of anilines is 2. The maximum Gasteiger partial charge on any atom is 0.225 e. The Morgan fingerprint density at radius 1 is 1.41 bits per heavy atom. The average Bonchev–Trinajstić information content (AvgIpc) is 2.41. The topological polar surface area (TPSA) is 70.1 Å². The van der Waals surface area contributed by atoms with E-state index >= 15 is 0 Å². The monoisotopic (exact) mass is 366 g/mol. The van der Waals surface area contributed by atoms with Crippen molar-refractivity contribution < 1.29 is 5.11 Å². The summed E-state index contributed by atoms with van der Waals surface area (Å²) in [4.78, 5) is 8.79. The highest BCUT2D eigenvalue weighted by Gasteiger charge is 2.28. The summed E-state index contributed by atoms with van der Waals surface area (Å²) in [6.45, 7) is 6.18. The minimum absolute atomic E-state index is 0.0370. The molecule has 0 bridgehead atoms. The molecule has 0 aliphatic heterocycles. The largest absolute Gasteiger partial charge is 0.392 e. The summed E-state index contributed by atoms with van der Waals surface area (Å²) in [5.41, 5.74) is -0.105. The second-order valence-electron chi connectivity index (χ2n) is 6.76. The number of hydrogen-bond acceptors (Lipinski definition) is 5. The molecule has 1 aliphatic carbocycles. The zero-order valence-electron chi connectivity index (χ0n) is 13.2. The van der Waals surface area contributed by atoms with Crippen LogP contribution in [0.3, 0.4) is 0 Å². The fourth-order valence-electron chi connectivity index (χ4n) is 2.53. The summed E-state index contributed by atoms with van der Waals surface area (Å²) in [7, 11) is 0. The van der Waals surface area contributed by atoms with Crippen molar-refractivity contribution >= 4 is 27.7 Å². The van der Waals surface area contributed by atoms with E-state index in [9.17, 15) is 5.11 Å². The molecule has 1 aromatic rings. The van der Waals surface area contributed by atoms with Crippen LogP contribution < -0.4 is 10.6 Å². The highest BCUT2D eigenvalue weighted by molar-refractivity contribution is 9.10. The molecule has 120 valence electrons. The molecule has 0 radical (unpaired) electrons. The number of aromatic nitrogens is 2. The third kappa shape index (κ3) is 4.59. The third-order valence-electron chi connectivity index (χ3n) is 3.60. The second-order valence-corrected chi connectivity index (χ2v) is 7.61. The van der Waals surface area contributed by atoms with Gasteiger partial charge in [-0.2, -0.15) is 4.98 Å². The Morgan fingerprint density at radius 3 is 2.73 bits per heavy atom. The van der Waals surface area contributed by atoms with Crippen molar-refractivity contribution in [1.29, 1.82) is 0 Å². The lowest BCUT2D eigenvalue weighted by molar-refractivity contribution is 0.0914. The molecule has 1 saturated carbocycles. The van der Waals surface area contributed by atoms with E-state index in [0.717, 1.165) is 23.1 Å². The zero-order valence-corrected chi connectivity index (χ0v) is 14.8. The number of aliphatic hydroxyl groups is 1. The van der Waals surface area contributed by atoms with Crippen molar-refractivity contribution in [3.63, 3.8) is 0 Å². The molecule has 5 nitrogen and oxygen atoms in total. The molecule has 22 heavy (non-hydrogen) atoms. The van der Waals surface area contributed by atoms with Crippen LogP contribution >= 0.6 is 15.9 Å². The summed E-state index contributed by atoms with van der Waals surface area (Å²) in [5.74, 6) is 3.94. The zero-order chi connectivity index (χ0) is 16.3. The Bertz CT molecular complexity index is 564. The van der Waals surface area contributed by atoms with Crippen LogP contribution in [0.2, 0.25) is 0 Å². The van der Waals surface area contributed by atoms with Crippen LogP contribution in [0.25, 0.3) is 0 Å². The lowest BCUT2D eigenvalue weighted by atomic mass is 9.84. The standard InChI is InChI=1S/C16H23BrN4O/c1-5-10-6-7-11(8-13(10)22)19-14-12(17)9-18-15(20-14)21-16(2,3)4/h1,9-11,13,22H,6-8H2,2-4H3,(H2,18,19,20,21)/t10-,11-,13-/m1/s1. The van der Waals surface area contributed by atoms with Gasteiger partial charge in [-0.15, -0.1) is 12.3 Å². The van der Waals surface area contributed by atoms with Gasteiger partial charge in [-0.1, -0.05) is 0 Å². The van der Waals surface area contributed by atoms with E-state index < -0.39 is 6.10 Å². The van der Waals surface area contributed by atoms with Gasteiger partial charge in [-0.3, -0.25) is 0 Å². The first kappa shape index (κ1) is 17.0. The number of aliphatic hydroxyl groups excluding tert-OH is 1. The fourth-order valence-corrected chi connectivity index (χ4v) is 2.84. The van der Waals surface area contributed by atoms with Gasteiger partial charge in [0.15, 0.2) is 0 Å². The van der Waals surface area contributed by atoms with Crippen LogP contribution in [0.4, 0.5) is 11.8 Å². The molecule has 0 spiro atoms. The van der Waals surface area contributed by atoms with E-state index in [2.05, 4.69) is 63.2 Å². The van der Waals surface area contributed by atoms with E-state index in [1.165, 1.54) is 0 Å². The lowest BCUT2D eigenvalue weighted by Crippen LogP contribution is -2.36. The molecule has 1 aliphatic rings. The summed E-state index contributed by atoms with van der Waals surface area (Å²) >= 11 is 3.47. The molecule has 0 saturated heterocycles. The van der Waals surface area contributed by atoms with Gasteiger partial charge in [0.05, 0.1) is 10.6 Å². The smallest absolute Gasteiger partial charge is 0.225 e. The first-order chi connectivity index (χ1) is 10.3. The Hall–Kier alpha value is -1.32. The van der Waals surface area contributed by atoms with Gasteiger partial charge in [0.25, 0.3) is 0 Å². The molecule has 1 heterocycles. The summed E-state index contributed by atoms with van der Waals surface area (Å²) in [6.07, 6.45) is 9.08. The first-order valence-corrected chi connectivity index (χ1v) is 8.29. The van der Waals surface area contributed by atoms with Crippen LogP contribution in [0.1, 0.15) is 40.0 Å². The second kappa shape index (κ2) is 6.84. The molecule has 6 heteroatoms. The fraction of sp³-hybridized carbons (Fsp3) is 0.625. The maximum atomic E-state index is 10.1. The molecule has 2 rings (SSSR count). The van der Waals surface area contributed by atoms with E-state index in [1.54, 1.807) is 6.20 Å². The van der Waals surface area contributed by atoms with Crippen molar-refractivity contribution in [1.82, 2.24) is 9.97 Å². The van der Waals surface area contributed by atoms with E-state index in [1.807, 2.05) is 0 Å². The highest BCUT2D eigenvalue weighted by Crippen LogP contribution is 2.29. The Morgan fingerprint density at radius 2 is 2.14 bits per heavy atom. The van der Waals surface area contributed by atoms with Gasteiger partial charge in [0.1, 0.15) is 5.82 Å². The number of nitrogens with zero attached hydrogens (tertiary/aromatic N) is 2. The molecular formula is C16H23BrN4O. The van der Waals surface area contributed by atoms with Crippen molar-refractivity contribution in [2.45, 2.75) is 57.7 Å². The average molecular weight is 367 g/mol. The normalized spacial score (nSPS) is 25.4. The predicted molar refractivity (Wildman–Crippen MR) is 92.7 cm³/mol.